The second-order valence-corrected chi connectivity index (χ2v) is 9.39. The van der Waals surface area contributed by atoms with Crippen molar-refractivity contribution in [1.29, 1.82) is 0 Å². The van der Waals surface area contributed by atoms with Gasteiger partial charge in [0.25, 0.3) is 5.91 Å². The predicted octanol–water partition coefficient (Wildman–Crippen LogP) is 3.48. The van der Waals surface area contributed by atoms with Crippen molar-refractivity contribution in [2.75, 3.05) is 13.2 Å². The summed E-state index contributed by atoms with van der Waals surface area (Å²) >= 11 is 5.41. The predicted molar refractivity (Wildman–Crippen MR) is 121 cm³/mol. The molecular formula is C24H28F2N2O3S. The Morgan fingerprint density at radius 2 is 2.09 bits per heavy atom. The zero-order chi connectivity index (χ0) is 22.9. The van der Waals surface area contributed by atoms with Gasteiger partial charge in [0, 0.05) is 29.7 Å². The van der Waals surface area contributed by atoms with Crippen LogP contribution in [0.3, 0.4) is 0 Å². The molecule has 0 bridgehead atoms. The molecule has 8 heteroatoms. The van der Waals surface area contributed by atoms with Crippen molar-refractivity contribution in [1.82, 2.24) is 10.6 Å². The maximum atomic E-state index is 15.0. The lowest BCUT2D eigenvalue weighted by molar-refractivity contribution is -0.116. The fraction of sp³-hybridized carbons (Fsp3) is 0.500. The monoisotopic (exact) mass is 462 g/mol. The van der Waals surface area contributed by atoms with Crippen molar-refractivity contribution in [3.05, 3.63) is 59.2 Å². The minimum absolute atomic E-state index is 0.00103. The third kappa shape index (κ3) is 4.63. The summed E-state index contributed by atoms with van der Waals surface area (Å²) < 4.78 is 34.8. The number of thiocarbonyl (C=S) groups is 1. The lowest BCUT2D eigenvalue weighted by Crippen LogP contribution is -2.62. The van der Waals surface area contributed by atoms with E-state index >= 15 is 0 Å². The highest BCUT2D eigenvalue weighted by molar-refractivity contribution is 7.80. The van der Waals surface area contributed by atoms with E-state index in [1.807, 2.05) is 12.2 Å². The molecule has 0 spiro atoms. The number of nitrogens with one attached hydrogen (secondary N) is 2. The number of aliphatic hydroxyl groups excluding tert-OH is 1. The Morgan fingerprint density at radius 3 is 2.72 bits per heavy atom. The molecule has 0 aromatic heterocycles. The first kappa shape index (κ1) is 23.0. The van der Waals surface area contributed by atoms with E-state index in [9.17, 15) is 18.7 Å². The molecule has 2 aliphatic carbocycles. The van der Waals surface area contributed by atoms with Gasteiger partial charge in [-0.1, -0.05) is 31.2 Å². The molecular weight excluding hydrogens is 434 g/mol. The molecule has 172 valence electrons. The SMILES string of the molecule is CC1CC1C1CC(CO)C(NC(=S)NC(=O)C2=CCCC=C2)(c2ccc(F)cc2F)CO1. The topological polar surface area (TPSA) is 70.6 Å². The largest absolute Gasteiger partial charge is 0.396 e. The minimum atomic E-state index is -1.25. The number of rotatable bonds is 5. The van der Waals surface area contributed by atoms with Gasteiger partial charge in [-0.3, -0.25) is 10.1 Å². The smallest absolute Gasteiger partial charge is 0.257 e. The van der Waals surface area contributed by atoms with Gasteiger partial charge in [-0.15, -0.1) is 0 Å². The molecule has 5 nitrogen and oxygen atoms in total. The number of benzene rings is 1. The third-order valence-corrected chi connectivity index (χ3v) is 7.05. The van der Waals surface area contributed by atoms with E-state index in [1.54, 1.807) is 6.08 Å². The molecule has 0 radical (unpaired) electrons. The molecule has 1 saturated heterocycles. The van der Waals surface area contributed by atoms with Gasteiger partial charge >= 0.3 is 0 Å². The molecule has 2 fully saturated rings. The molecule has 4 rings (SSSR count). The molecule has 5 unspecified atom stereocenters. The van der Waals surface area contributed by atoms with Crippen molar-refractivity contribution < 1.29 is 23.4 Å². The fourth-order valence-corrected chi connectivity index (χ4v) is 5.12. The van der Waals surface area contributed by atoms with Crippen molar-refractivity contribution in [2.24, 2.45) is 17.8 Å². The molecule has 3 N–H and O–H groups in total. The van der Waals surface area contributed by atoms with Crippen molar-refractivity contribution in [3.63, 3.8) is 0 Å². The van der Waals surface area contributed by atoms with E-state index in [0.717, 1.165) is 25.3 Å². The summed E-state index contributed by atoms with van der Waals surface area (Å²) in [5, 5.41) is 16.0. The first-order valence-corrected chi connectivity index (χ1v) is 11.4. The van der Waals surface area contributed by atoms with Crippen LogP contribution >= 0.6 is 12.2 Å². The van der Waals surface area contributed by atoms with Crippen LogP contribution in [0.25, 0.3) is 0 Å². The molecule has 3 aliphatic rings. The summed E-state index contributed by atoms with van der Waals surface area (Å²) in [5.74, 6) is -1.30. The van der Waals surface area contributed by atoms with E-state index in [1.165, 1.54) is 12.1 Å². The van der Waals surface area contributed by atoms with Gasteiger partial charge in [0.15, 0.2) is 5.11 Å². The summed E-state index contributed by atoms with van der Waals surface area (Å²) in [7, 11) is 0. The van der Waals surface area contributed by atoms with Crippen LogP contribution in [-0.4, -0.2) is 35.4 Å². The van der Waals surface area contributed by atoms with E-state index in [0.29, 0.717) is 23.8 Å². The Labute approximate surface area is 191 Å². The number of allylic oxidation sites excluding steroid dienone is 2. The number of carbonyl (C=O) groups is 1. The fourth-order valence-electron chi connectivity index (χ4n) is 4.85. The summed E-state index contributed by atoms with van der Waals surface area (Å²) in [6.45, 7) is 1.95. The van der Waals surface area contributed by atoms with Gasteiger partial charge in [-0.25, -0.2) is 8.78 Å². The van der Waals surface area contributed by atoms with Crippen LogP contribution in [0.2, 0.25) is 0 Å². The van der Waals surface area contributed by atoms with Crippen LogP contribution in [0.5, 0.6) is 0 Å². The zero-order valence-electron chi connectivity index (χ0n) is 17.9. The van der Waals surface area contributed by atoms with E-state index in [2.05, 4.69) is 17.6 Å². The Hall–Kier alpha value is -2.16. The molecule has 1 amide bonds. The molecule has 5 atom stereocenters. The first-order valence-electron chi connectivity index (χ1n) is 11.0. The molecule has 1 saturated carbocycles. The molecule has 1 aromatic carbocycles. The van der Waals surface area contributed by atoms with Gasteiger partial charge in [0.1, 0.15) is 11.6 Å². The van der Waals surface area contributed by atoms with Gasteiger partial charge in [-0.2, -0.15) is 0 Å². The Kier molecular flexibility index (Phi) is 6.74. The maximum absolute atomic E-state index is 15.0. The van der Waals surface area contributed by atoms with E-state index in [-0.39, 0.29) is 35.9 Å². The van der Waals surface area contributed by atoms with Crippen molar-refractivity contribution in [3.8, 4) is 0 Å². The maximum Gasteiger partial charge on any atom is 0.257 e. The second-order valence-electron chi connectivity index (χ2n) is 8.98. The average molecular weight is 463 g/mol. The lowest BCUT2D eigenvalue weighted by Gasteiger charge is -2.47. The van der Waals surface area contributed by atoms with Gasteiger partial charge < -0.3 is 15.2 Å². The number of halogens is 2. The highest BCUT2D eigenvalue weighted by atomic mass is 32.1. The normalized spacial score (nSPS) is 31.6. The summed E-state index contributed by atoms with van der Waals surface area (Å²) in [6, 6.07) is 3.33. The number of ether oxygens (including phenoxy) is 1. The first-order chi connectivity index (χ1) is 15.3. The van der Waals surface area contributed by atoms with Crippen LogP contribution in [0, 0.1) is 29.4 Å². The summed E-state index contributed by atoms with van der Waals surface area (Å²) in [4.78, 5) is 12.6. The van der Waals surface area contributed by atoms with Crippen LogP contribution in [0.4, 0.5) is 8.78 Å². The van der Waals surface area contributed by atoms with E-state index in [4.69, 9.17) is 17.0 Å². The summed E-state index contributed by atoms with van der Waals surface area (Å²) in [6.07, 6.45) is 8.64. The Morgan fingerprint density at radius 1 is 1.31 bits per heavy atom. The van der Waals surface area contributed by atoms with Crippen molar-refractivity contribution in [2.45, 2.75) is 44.2 Å². The standard InChI is InChI=1S/C24H28F2N2O3S/c1-14-9-18(14)21-10-16(12-29)24(13-31-21,19-8-7-17(25)11-20(19)26)28-23(32)27-22(30)15-5-3-2-4-6-15/h3,5-8,11,14,16,18,21,29H,2,4,9-10,12-13H2,1H3,(H2,27,28,30,32). The van der Waals surface area contributed by atoms with Crippen LogP contribution < -0.4 is 10.6 Å². The zero-order valence-corrected chi connectivity index (χ0v) is 18.8. The number of hydrogen-bond acceptors (Lipinski definition) is 4. The number of aliphatic hydroxyl groups is 1. The van der Waals surface area contributed by atoms with Crippen LogP contribution in [-0.2, 0) is 15.1 Å². The molecule has 1 heterocycles. The molecule has 32 heavy (non-hydrogen) atoms. The van der Waals surface area contributed by atoms with Gasteiger partial charge in [0.05, 0.1) is 18.2 Å². The third-order valence-electron chi connectivity index (χ3n) is 6.84. The lowest BCUT2D eigenvalue weighted by atomic mass is 9.73. The Balaban J connectivity index is 1.60. The average Bonchev–Trinajstić information content (AvgIpc) is 3.50. The van der Waals surface area contributed by atoms with Gasteiger partial charge in [-0.05, 0) is 55.8 Å². The van der Waals surface area contributed by atoms with E-state index < -0.39 is 23.1 Å². The summed E-state index contributed by atoms with van der Waals surface area (Å²) in [5.41, 5.74) is -0.597. The molecule has 1 aromatic rings. The highest BCUT2D eigenvalue weighted by Gasteiger charge is 2.52. The number of amides is 1. The van der Waals surface area contributed by atoms with Crippen molar-refractivity contribution >= 4 is 23.2 Å². The van der Waals surface area contributed by atoms with Crippen LogP contribution in [0.1, 0.15) is 38.2 Å². The van der Waals surface area contributed by atoms with Crippen LogP contribution in [0.15, 0.2) is 42.0 Å². The second kappa shape index (κ2) is 9.37. The quantitative estimate of drug-likeness (QED) is 0.585. The van der Waals surface area contributed by atoms with Gasteiger partial charge in [0.2, 0.25) is 0 Å². The Bertz CT molecular complexity index is 967. The number of carbonyl (C=O) groups excluding carboxylic acids is 1. The minimum Gasteiger partial charge on any atom is -0.396 e. The number of hydrogen-bond donors (Lipinski definition) is 3. The highest BCUT2D eigenvalue weighted by Crippen LogP contribution is 2.48. The molecule has 1 aliphatic heterocycles.